The van der Waals surface area contributed by atoms with Gasteiger partial charge in [-0.2, -0.15) is 0 Å². The summed E-state index contributed by atoms with van der Waals surface area (Å²) in [7, 11) is 0. The number of fused-ring (bicyclic) bond motifs is 1. The summed E-state index contributed by atoms with van der Waals surface area (Å²) in [6.45, 7) is 2.04. The van der Waals surface area contributed by atoms with Crippen LogP contribution in [0.4, 0.5) is 11.6 Å². The van der Waals surface area contributed by atoms with Crippen LogP contribution in [0.25, 0.3) is 22.0 Å². The molecule has 0 aliphatic heterocycles. The molecule has 4 aromatic rings. The lowest BCUT2D eigenvalue weighted by Crippen LogP contribution is -2.11. The number of benzene rings is 3. The van der Waals surface area contributed by atoms with E-state index >= 15 is 0 Å². The fourth-order valence-corrected chi connectivity index (χ4v) is 3.02. The molecule has 3 aromatic carbocycles. The Morgan fingerprint density at radius 3 is 2.63 bits per heavy atom. The van der Waals surface area contributed by atoms with Gasteiger partial charge in [-0.15, -0.1) is 0 Å². The summed E-state index contributed by atoms with van der Waals surface area (Å²) in [5, 5.41) is 3.88. The quantitative estimate of drug-likeness (QED) is 0.570. The van der Waals surface area contributed by atoms with E-state index in [0.29, 0.717) is 5.56 Å². The average molecular weight is 354 g/mol. The third-order valence-electron chi connectivity index (χ3n) is 4.44. The summed E-state index contributed by atoms with van der Waals surface area (Å²) in [6.07, 6.45) is 1.72. The van der Waals surface area contributed by atoms with Crippen LogP contribution in [0, 0.1) is 6.92 Å². The lowest BCUT2D eigenvalue weighted by atomic mass is 9.98. The zero-order valence-corrected chi connectivity index (χ0v) is 14.8. The Hall–Kier alpha value is -3.73. The van der Waals surface area contributed by atoms with Gasteiger partial charge >= 0.3 is 0 Å². The number of nitrogens with zero attached hydrogens (tertiary/aromatic N) is 2. The molecule has 0 radical (unpaired) electrons. The smallest absolute Gasteiger partial charge is 0.255 e. The van der Waals surface area contributed by atoms with Crippen molar-refractivity contribution in [3.8, 4) is 11.1 Å². The Kier molecular flexibility index (Phi) is 4.26. The van der Waals surface area contributed by atoms with Gasteiger partial charge in [-0.1, -0.05) is 30.3 Å². The normalized spacial score (nSPS) is 10.7. The summed E-state index contributed by atoms with van der Waals surface area (Å²) >= 11 is 0. The van der Waals surface area contributed by atoms with Gasteiger partial charge < -0.3 is 11.1 Å². The molecule has 27 heavy (non-hydrogen) atoms. The van der Waals surface area contributed by atoms with Gasteiger partial charge in [-0.25, -0.2) is 9.97 Å². The number of hydrogen-bond donors (Lipinski definition) is 2. The van der Waals surface area contributed by atoms with Crippen molar-refractivity contribution in [1.29, 1.82) is 0 Å². The fraction of sp³-hybridized carbons (Fsp3) is 0.0455. The van der Waals surface area contributed by atoms with Crippen molar-refractivity contribution in [3.05, 3.63) is 84.1 Å². The maximum atomic E-state index is 12.4. The Bertz CT molecular complexity index is 1140. The van der Waals surface area contributed by atoms with E-state index in [4.69, 9.17) is 5.73 Å². The number of nitrogens with two attached hydrogens (primary N) is 1. The van der Waals surface area contributed by atoms with E-state index in [1.165, 1.54) is 0 Å². The minimum atomic E-state index is -0.132. The molecular formula is C22H18N4O. The van der Waals surface area contributed by atoms with Crippen LogP contribution in [0.2, 0.25) is 0 Å². The molecule has 1 aromatic heterocycles. The zero-order chi connectivity index (χ0) is 18.8. The van der Waals surface area contributed by atoms with Gasteiger partial charge in [0.15, 0.2) is 0 Å². The van der Waals surface area contributed by atoms with E-state index in [0.717, 1.165) is 33.3 Å². The fourth-order valence-electron chi connectivity index (χ4n) is 3.02. The van der Waals surface area contributed by atoms with Crippen molar-refractivity contribution >= 4 is 28.4 Å². The molecule has 0 aliphatic rings. The topological polar surface area (TPSA) is 80.9 Å². The number of aryl methyl sites for hydroxylation is 1. The lowest BCUT2D eigenvalue weighted by Gasteiger charge is -2.11. The van der Waals surface area contributed by atoms with Gasteiger partial charge in [0.1, 0.15) is 0 Å². The van der Waals surface area contributed by atoms with Crippen molar-refractivity contribution in [3.63, 3.8) is 0 Å². The summed E-state index contributed by atoms with van der Waals surface area (Å²) < 4.78 is 0. The largest absolute Gasteiger partial charge is 0.368 e. The van der Waals surface area contributed by atoms with Crippen LogP contribution in [-0.4, -0.2) is 15.9 Å². The summed E-state index contributed by atoms with van der Waals surface area (Å²) in [6, 6.07) is 21.0. The van der Waals surface area contributed by atoms with E-state index < -0.39 is 0 Å². The third-order valence-corrected chi connectivity index (χ3v) is 4.44. The Balaban J connectivity index is 1.68. The molecule has 0 unspecified atom stereocenters. The van der Waals surface area contributed by atoms with E-state index in [-0.39, 0.29) is 11.9 Å². The first-order chi connectivity index (χ1) is 13.1. The van der Waals surface area contributed by atoms with Gasteiger partial charge in [0.25, 0.3) is 5.91 Å². The standard InChI is InChI=1S/C22H18N4O/c1-14-7-9-18(25-21(27)15-5-3-2-4-6-15)12-19(14)16-8-10-20-17(11-16)13-24-22(23)26-20/h2-13H,1H3,(H,25,27)(H2,23,24,26). The van der Waals surface area contributed by atoms with Gasteiger partial charge in [-0.3, -0.25) is 4.79 Å². The average Bonchev–Trinajstić information content (AvgIpc) is 2.69. The van der Waals surface area contributed by atoms with Crippen LogP contribution in [0.3, 0.4) is 0 Å². The molecule has 0 saturated carbocycles. The first-order valence-corrected chi connectivity index (χ1v) is 8.60. The Morgan fingerprint density at radius 1 is 1.00 bits per heavy atom. The molecule has 5 heteroatoms. The molecular weight excluding hydrogens is 336 g/mol. The maximum Gasteiger partial charge on any atom is 0.255 e. The number of anilines is 2. The van der Waals surface area contributed by atoms with Crippen molar-refractivity contribution in [2.24, 2.45) is 0 Å². The second kappa shape index (κ2) is 6.88. The van der Waals surface area contributed by atoms with Crippen molar-refractivity contribution in [2.75, 3.05) is 11.1 Å². The number of nitrogens with one attached hydrogen (secondary N) is 1. The molecule has 0 atom stereocenters. The SMILES string of the molecule is Cc1ccc(NC(=O)c2ccccc2)cc1-c1ccc2nc(N)ncc2c1. The van der Waals surface area contributed by atoms with Crippen molar-refractivity contribution < 1.29 is 4.79 Å². The molecule has 1 heterocycles. The van der Waals surface area contributed by atoms with E-state index in [1.807, 2.05) is 61.5 Å². The summed E-state index contributed by atoms with van der Waals surface area (Å²) in [4.78, 5) is 20.7. The molecule has 0 aliphatic carbocycles. The third kappa shape index (κ3) is 3.48. The molecule has 132 valence electrons. The van der Waals surface area contributed by atoms with Crippen molar-refractivity contribution in [2.45, 2.75) is 6.92 Å². The minimum Gasteiger partial charge on any atom is -0.368 e. The molecule has 3 N–H and O–H groups in total. The van der Waals surface area contributed by atoms with Crippen LogP contribution in [-0.2, 0) is 0 Å². The highest BCUT2D eigenvalue weighted by atomic mass is 16.1. The Labute approximate surface area is 156 Å². The second-order valence-electron chi connectivity index (χ2n) is 6.35. The van der Waals surface area contributed by atoms with Crippen LogP contribution in [0.1, 0.15) is 15.9 Å². The minimum absolute atomic E-state index is 0.132. The molecule has 0 spiro atoms. The number of amides is 1. The first kappa shape index (κ1) is 16.7. The molecule has 0 fully saturated rings. The van der Waals surface area contributed by atoms with Gasteiger partial charge in [0.2, 0.25) is 5.95 Å². The van der Waals surface area contributed by atoms with Crippen LogP contribution < -0.4 is 11.1 Å². The summed E-state index contributed by atoms with van der Waals surface area (Å²) in [5.74, 6) is 0.129. The van der Waals surface area contributed by atoms with E-state index in [9.17, 15) is 4.79 Å². The van der Waals surface area contributed by atoms with Gasteiger partial charge in [0, 0.05) is 22.8 Å². The van der Waals surface area contributed by atoms with Crippen LogP contribution in [0.5, 0.6) is 0 Å². The van der Waals surface area contributed by atoms with Crippen LogP contribution >= 0.6 is 0 Å². The monoisotopic (exact) mass is 354 g/mol. The van der Waals surface area contributed by atoms with E-state index in [2.05, 4.69) is 15.3 Å². The first-order valence-electron chi connectivity index (χ1n) is 8.60. The molecule has 0 bridgehead atoms. The number of aromatic nitrogens is 2. The number of carbonyl (C=O) groups excluding carboxylic acids is 1. The molecule has 0 saturated heterocycles. The van der Waals surface area contributed by atoms with Gasteiger partial charge in [0.05, 0.1) is 5.52 Å². The van der Waals surface area contributed by atoms with Crippen LogP contribution in [0.15, 0.2) is 72.9 Å². The zero-order valence-electron chi connectivity index (χ0n) is 14.8. The number of rotatable bonds is 3. The predicted molar refractivity (Wildman–Crippen MR) is 109 cm³/mol. The predicted octanol–water partition coefficient (Wildman–Crippen LogP) is 4.44. The summed E-state index contributed by atoms with van der Waals surface area (Å²) in [5.41, 5.74) is 11.0. The number of nitrogen functional groups attached to an aromatic ring is 1. The second-order valence-corrected chi connectivity index (χ2v) is 6.35. The maximum absolute atomic E-state index is 12.4. The lowest BCUT2D eigenvalue weighted by molar-refractivity contribution is 0.102. The van der Waals surface area contributed by atoms with Crippen molar-refractivity contribution in [1.82, 2.24) is 9.97 Å². The highest BCUT2D eigenvalue weighted by Gasteiger charge is 2.09. The molecule has 5 nitrogen and oxygen atoms in total. The number of hydrogen-bond acceptors (Lipinski definition) is 4. The van der Waals surface area contributed by atoms with E-state index in [1.54, 1.807) is 18.3 Å². The molecule has 1 amide bonds. The highest BCUT2D eigenvalue weighted by Crippen LogP contribution is 2.29. The highest BCUT2D eigenvalue weighted by molar-refractivity contribution is 6.04. The van der Waals surface area contributed by atoms with Gasteiger partial charge in [-0.05, 0) is 60.0 Å². The molecule has 4 rings (SSSR count). The number of carbonyl (C=O) groups is 1. The Morgan fingerprint density at radius 2 is 1.81 bits per heavy atom.